The van der Waals surface area contributed by atoms with Crippen molar-refractivity contribution in [1.82, 2.24) is 5.32 Å². The molecule has 1 saturated heterocycles. The molecule has 0 atom stereocenters. The van der Waals surface area contributed by atoms with Crippen LogP contribution in [0.2, 0.25) is 0 Å². The number of hydrogen-bond acceptors (Lipinski definition) is 3. The average Bonchev–Trinajstić information content (AvgIpc) is 2.15. The fourth-order valence-corrected chi connectivity index (χ4v) is 1.35. The van der Waals surface area contributed by atoms with Crippen LogP contribution in [0.15, 0.2) is 0 Å². The van der Waals surface area contributed by atoms with E-state index in [1.165, 1.54) is 0 Å². The Hall–Kier alpha value is -0.610. The minimum atomic E-state index is -0.247. The highest BCUT2D eigenvalue weighted by atomic mass is 16.5. The molecule has 1 fully saturated rings. The SMILES string of the molecule is CCC(=O)NCC1(N)CCOCC1. The van der Waals surface area contributed by atoms with Gasteiger partial charge in [0.05, 0.1) is 0 Å². The summed E-state index contributed by atoms with van der Waals surface area (Å²) in [5, 5.41) is 2.82. The molecule has 1 rings (SSSR count). The number of hydrogen-bond donors (Lipinski definition) is 2. The summed E-state index contributed by atoms with van der Waals surface area (Å²) in [4.78, 5) is 11.0. The van der Waals surface area contributed by atoms with E-state index in [1.54, 1.807) is 0 Å². The van der Waals surface area contributed by atoms with Gasteiger partial charge in [-0.15, -0.1) is 0 Å². The molecule has 0 aromatic carbocycles. The first-order chi connectivity index (χ1) is 6.16. The number of rotatable bonds is 3. The van der Waals surface area contributed by atoms with Gasteiger partial charge in [0, 0.05) is 31.7 Å². The maximum absolute atomic E-state index is 11.0. The van der Waals surface area contributed by atoms with Gasteiger partial charge in [-0.1, -0.05) is 6.92 Å². The third-order valence-electron chi connectivity index (χ3n) is 2.45. The fourth-order valence-electron chi connectivity index (χ4n) is 1.35. The molecule has 0 spiro atoms. The van der Waals surface area contributed by atoms with E-state index < -0.39 is 0 Å². The lowest BCUT2D eigenvalue weighted by Crippen LogP contribution is -2.53. The van der Waals surface area contributed by atoms with Crippen LogP contribution in [-0.2, 0) is 9.53 Å². The van der Waals surface area contributed by atoms with Crippen molar-refractivity contribution in [2.45, 2.75) is 31.7 Å². The molecule has 1 aliphatic rings. The normalized spacial score (nSPS) is 21.1. The van der Waals surface area contributed by atoms with Crippen LogP contribution in [0.5, 0.6) is 0 Å². The second-order valence-electron chi connectivity index (χ2n) is 3.61. The molecule has 1 aliphatic heterocycles. The first-order valence-electron chi connectivity index (χ1n) is 4.80. The van der Waals surface area contributed by atoms with Crippen molar-refractivity contribution in [3.05, 3.63) is 0 Å². The number of carbonyl (C=O) groups is 1. The molecular formula is C9H18N2O2. The summed E-state index contributed by atoms with van der Waals surface area (Å²) in [5.74, 6) is 0.0660. The molecule has 76 valence electrons. The van der Waals surface area contributed by atoms with E-state index in [9.17, 15) is 4.79 Å². The molecule has 0 unspecified atom stereocenters. The second kappa shape index (κ2) is 4.58. The van der Waals surface area contributed by atoms with Crippen LogP contribution in [-0.4, -0.2) is 31.2 Å². The minimum Gasteiger partial charge on any atom is -0.381 e. The van der Waals surface area contributed by atoms with E-state index in [1.807, 2.05) is 6.92 Å². The quantitative estimate of drug-likeness (QED) is 0.653. The van der Waals surface area contributed by atoms with Gasteiger partial charge < -0.3 is 15.8 Å². The van der Waals surface area contributed by atoms with E-state index in [4.69, 9.17) is 10.5 Å². The van der Waals surface area contributed by atoms with Gasteiger partial charge in [0.2, 0.25) is 5.91 Å². The number of nitrogens with two attached hydrogens (primary N) is 1. The molecule has 0 radical (unpaired) electrons. The highest BCUT2D eigenvalue weighted by Gasteiger charge is 2.27. The Balaban J connectivity index is 2.28. The monoisotopic (exact) mass is 186 g/mol. The van der Waals surface area contributed by atoms with Crippen molar-refractivity contribution in [2.75, 3.05) is 19.8 Å². The van der Waals surface area contributed by atoms with E-state index in [0.29, 0.717) is 26.2 Å². The van der Waals surface area contributed by atoms with Crippen molar-refractivity contribution in [3.63, 3.8) is 0 Å². The Bertz CT molecular complexity index is 176. The van der Waals surface area contributed by atoms with Crippen LogP contribution in [0.25, 0.3) is 0 Å². The number of amides is 1. The van der Waals surface area contributed by atoms with Gasteiger partial charge in [-0.25, -0.2) is 0 Å². The zero-order chi connectivity index (χ0) is 9.73. The first kappa shape index (κ1) is 10.5. The third kappa shape index (κ3) is 3.32. The molecule has 13 heavy (non-hydrogen) atoms. The highest BCUT2D eigenvalue weighted by Crippen LogP contribution is 2.16. The van der Waals surface area contributed by atoms with Crippen LogP contribution in [0.1, 0.15) is 26.2 Å². The highest BCUT2D eigenvalue weighted by molar-refractivity contribution is 5.75. The predicted molar refractivity (Wildman–Crippen MR) is 50.3 cm³/mol. The van der Waals surface area contributed by atoms with Crippen molar-refractivity contribution in [1.29, 1.82) is 0 Å². The Kier molecular flexibility index (Phi) is 3.69. The average molecular weight is 186 g/mol. The number of nitrogens with one attached hydrogen (secondary N) is 1. The Morgan fingerprint density at radius 3 is 2.69 bits per heavy atom. The molecule has 1 heterocycles. The summed E-state index contributed by atoms with van der Waals surface area (Å²) < 4.78 is 5.21. The Labute approximate surface area is 78.8 Å². The fraction of sp³-hybridized carbons (Fsp3) is 0.889. The molecule has 0 aromatic heterocycles. The summed E-state index contributed by atoms with van der Waals surface area (Å²) in [7, 11) is 0. The van der Waals surface area contributed by atoms with Crippen LogP contribution in [0.4, 0.5) is 0 Å². The summed E-state index contributed by atoms with van der Waals surface area (Å²) in [6.07, 6.45) is 2.18. The maximum atomic E-state index is 11.0. The number of carbonyl (C=O) groups excluding carboxylic acids is 1. The van der Waals surface area contributed by atoms with Crippen LogP contribution >= 0.6 is 0 Å². The van der Waals surface area contributed by atoms with E-state index in [2.05, 4.69) is 5.32 Å². The second-order valence-corrected chi connectivity index (χ2v) is 3.61. The van der Waals surface area contributed by atoms with Crippen molar-refractivity contribution >= 4 is 5.91 Å². The lowest BCUT2D eigenvalue weighted by Gasteiger charge is -2.33. The zero-order valence-corrected chi connectivity index (χ0v) is 8.14. The van der Waals surface area contributed by atoms with Gasteiger partial charge in [-0.3, -0.25) is 4.79 Å². The summed E-state index contributed by atoms with van der Waals surface area (Å²) in [6.45, 7) is 3.82. The molecule has 0 aliphatic carbocycles. The van der Waals surface area contributed by atoms with Crippen molar-refractivity contribution < 1.29 is 9.53 Å². The summed E-state index contributed by atoms with van der Waals surface area (Å²) in [6, 6.07) is 0. The van der Waals surface area contributed by atoms with E-state index >= 15 is 0 Å². The predicted octanol–water partition coefficient (Wildman–Crippen LogP) is 0.0205. The smallest absolute Gasteiger partial charge is 0.219 e. The molecule has 4 heteroatoms. The van der Waals surface area contributed by atoms with Gasteiger partial charge in [0.25, 0.3) is 0 Å². The van der Waals surface area contributed by atoms with Crippen LogP contribution < -0.4 is 11.1 Å². The Morgan fingerprint density at radius 1 is 1.54 bits per heavy atom. The first-order valence-corrected chi connectivity index (χ1v) is 4.80. The summed E-state index contributed by atoms with van der Waals surface area (Å²) >= 11 is 0. The number of ether oxygens (including phenoxy) is 1. The van der Waals surface area contributed by atoms with Gasteiger partial charge in [-0.2, -0.15) is 0 Å². The van der Waals surface area contributed by atoms with Crippen LogP contribution in [0, 0.1) is 0 Å². The van der Waals surface area contributed by atoms with Crippen molar-refractivity contribution in [3.8, 4) is 0 Å². The van der Waals surface area contributed by atoms with Gasteiger partial charge in [0.1, 0.15) is 0 Å². The van der Waals surface area contributed by atoms with E-state index in [0.717, 1.165) is 12.8 Å². The molecular weight excluding hydrogens is 168 g/mol. The van der Waals surface area contributed by atoms with Gasteiger partial charge >= 0.3 is 0 Å². The lowest BCUT2D eigenvalue weighted by molar-refractivity contribution is -0.121. The minimum absolute atomic E-state index is 0.0660. The van der Waals surface area contributed by atoms with Crippen LogP contribution in [0.3, 0.4) is 0 Å². The summed E-state index contributed by atoms with van der Waals surface area (Å²) in [5.41, 5.74) is 5.82. The molecule has 3 N–H and O–H groups in total. The maximum Gasteiger partial charge on any atom is 0.219 e. The molecule has 0 bridgehead atoms. The standard InChI is InChI=1S/C9H18N2O2/c1-2-8(12)11-7-9(10)3-5-13-6-4-9/h2-7,10H2,1H3,(H,11,12). The lowest BCUT2D eigenvalue weighted by atomic mass is 9.91. The zero-order valence-electron chi connectivity index (χ0n) is 8.14. The van der Waals surface area contributed by atoms with E-state index in [-0.39, 0.29) is 11.4 Å². The molecule has 0 saturated carbocycles. The van der Waals surface area contributed by atoms with Crippen molar-refractivity contribution in [2.24, 2.45) is 5.73 Å². The molecule has 4 nitrogen and oxygen atoms in total. The molecule has 1 amide bonds. The third-order valence-corrected chi connectivity index (χ3v) is 2.45. The van der Waals surface area contributed by atoms with Gasteiger partial charge in [0.15, 0.2) is 0 Å². The largest absolute Gasteiger partial charge is 0.381 e. The topological polar surface area (TPSA) is 64.4 Å². The van der Waals surface area contributed by atoms with Gasteiger partial charge in [-0.05, 0) is 12.8 Å². The Morgan fingerprint density at radius 2 is 2.15 bits per heavy atom. The molecule has 0 aromatic rings.